The summed E-state index contributed by atoms with van der Waals surface area (Å²) in [4.78, 5) is 2.32. The van der Waals surface area contributed by atoms with E-state index in [1.165, 1.54) is 20.3 Å². The van der Waals surface area contributed by atoms with Crippen LogP contribution >= 0.6 is 15.9 Å². The minimum absolute atomic E-state index is 0.0857. The van der Waals surface area contributed by atoms with Crippen LogP contribution in [-0.2, 0) is 14.8 Å². The standard InChI is InChI=1S/C15H23BrN2O5S/c1-11(18-4-6-23-7-5-18)10-17-24(19,20)15-9-14(22-3)13(21-2)8-12(15)16/h8-9,11,17H,4-7,10H2,1-3H3. The Morgan fingerprint density at radius 2 is 1.83 bits per heavy atom. The summed E-state index contributed by atoms with van der Waals surface area (Å²) in [7, 11) is -0.704. The van der Waals surface area contributed by atoms with Crippen molar-refractivity contribution < 1.29 is 22.6 Å². The minimum Gasteiger partial charge on any atom is -0.493 e. The molecule has 0 radical (unpaired) electrons. The van der Waals surface area contributed by atoms with Crippen molar-refractivity contribution in [3.05, 3.63) is 16.6 Å². The molecule has 9 heteroatoms. The fraction of sp³-hybridized carbons (Fsp3) is 0.600. The van der Waals surface area contributed by atoms with Crippen LogP contribution in [0.1, 0.15) is 6.92 Å². The van der Waals surface area contributed by atoms with E-state index in [1.54, 1.807) is 6.07 Å². The highest BCUT2D eigenvalue weighted by Gasteiger charge is 2.23. The van der Waals surface area contributed by atoms with E-state index in [1.807, 2.05) is 6.92 Å². The van der Waals surface area contributed by atoms with Gasteiger partial charge in [0.2, 0.25) is 10.0 Å². The fourth-order valence-corrected chi connectivity index (χ4v) is 4.65. The highest BCUT2D eigenvalue weighted by molar-refractivity contribution is 9.10. The van der Waals surface area contributed by atoms with Crippen molar-refractivity contribution in [1.29, 1.82) is 0 Å². The summed E-state index contributed by atoms with van der Waals surface area (Å²) >= 11 is 3.29. The van der Waals surface area contributed by atoms with E-state index in [4.69, 9.17) is 14.2 Å². The molecule has 1 aliphatic heterocycles. The summed E-state index contributed by atoms with van der Waals surface area (Å²) in [5.41, 5.74) is 0. The molecule has 0 spiro atoms. The summed E-state index contributed by atoms with van der Waals surface area (Å²) in [6.45, 7) is 5.29. The molecule has 136 valence electrons. The van der Waals surface area contributed by atoms with Crippen molar-refractivity contribution in [2.75, 3.05) is 47.1 Å². The number of ether oxygens (including phenoxy) is 3. The molecule has 2 rings (SSSR count). The predicted molar refractivity (Wildman–Crippen MR) is 94.3 cm³/mol. The molecule has 1 atom stereocenters. The Bertz CT molecular complexity index is 662. The first kappa shape index (κ1) is 19.5. The Morgan fingerprint density at radius 1 is 1.25 bits per heavy atom. The van der Waals surface area contributed by atoms with Gasteiger partial charge in [-0.25, -0.2) is 13.1 Å². The monoisotopic (exact) mass is 422 g/mol. The molecular weight excluding hydrogens is 400 g/mol. The number of nitrogens with zero attached hydrogens (tertiary/aromatic N) is 1. The molecule has 0 bridgehead atoms. The molecule has 1 fully saturated rings. The van der Waals surface area contributed by atoms with Crippen molar-refractivity contribution in [2.45, 2.75) is 17.9 Å². The normalized spacial score (nSPS) is 17.5. The van der Waals surface area contributed by atoms with Crippen LogP contribution in [0.3, 0.4) is 0 Å². The lowest BCUT2D eigenvalue weighted by atomic mass is 10.2. The summed E-state index contributed by atoms with van der Waals surface area (Å²) in [5, 5.41) is 0. The Labute approximate surface area is 151 Å². The second-order valence-corrected chi connectivity index (χ2v) is 8.08. The summed E-state index contributed by atoms with van der Waals surface area (Å²) in [6, 6.07) is 3.12. The van der Waals surface area contributed by atoms with E-state index in [2.05, 4.69) is 25.6 Å². The highest BCUT2D eigenvalue weighted by atomic mass is 79.9. The van der Waals surface area contributed by atoms with Crippen LogP contribution in [0.2, 0.25) is 0 Å². The molecule has 1 aromatic carbocycles. The van der Waals surface area contributed by atoms with Crippen LogP contribution in [0.4, 0.5) is 0 Å². The minimum atomic E-state index is -3.67. The fourth-order valence-electron chi connectivity index (χ4n) is 2.50. The number of rotatable bonds is 7. The van der Waals surface area contributed by atoms with Gasteiger partial charge >= 0.3 is 0 Å². The highest BCUT2D eigenvalue weighted by Crippen LogP contribution is 2.35. The first-order valence-electron chi connectivity index (χ1n) is 7.62. The van der Waals surface area contributed by atoms with Crippen molar-refractivity contribution in [3.63, 3.8) is 0 Å². The van der Waals surface area contributed by atoms with Crippen molar-refractivity contribution >= 4 is 26.0 Å². The first-order valence-corrected chi connectivity index (χ1v) is 9.89. The van der Waals surface area contributed by atoms with Gasteiger partial charge in [-0.2, -0.15) is 0 Å². The molecule has 0 saturated carbocycles. The molecule has 1 aliphatic rings. The molecule has 1 N–H and O–H groups in total. The average Bonchev–Trinajstić information content (AvgIpc) is 2.59. The zero-order valence-corrected chi connectivity index (χ0v) is 16.4. The van der Waals surface area contributed by atoms with Crippen molar-refractivity contribution in [3.8, 4) is 11.5 Å². The molecule has 1 aromatic rings. The molecule has 1 saturated heterocycles. The van der Waals surface area contributed by atoms with Crippen LogP contribution in [0.15, 0.2) is 21.5 Å². The van der Waals surface area contributed by atoms with Crippen LogP contribution in [0.25, 0.3) is 0 Å². The topological polar surface area (TPSA) is 77.1 Å². The van der Waals surface area contributed by atoms with Crippen LogP contribution in [0, 0.1) is 0 Å². The van der Waals surface area contributed by atoms with Crippen molar-refractivity contribution in [2.24, 2.45) is 0 Å². The predicted octanol–water partition coefficient (Wildman–Crippen LogP) is 1.47. The van der Waals surface area contributed by atoms with Gasteiger partial charge in [-0.05, 0) is 28.9 Å². The van der Waals surface area contributed by atoms with E-state index >= 15 is 0 Å². The maximum atomic E-state index is 12.6. The van der Waals surface area contributed by atoms with Gasteiger partial charge in [0.1, 0.15) is 4.90 Å². The molecule has 24 heavy (non-hydrogen) atoms. The average molecular weight is 423 g/mol. The summed E-state index contributed by atoms with van der Waals surface area (Å²) in [5.74, 6) is 0.826. The van der Waals surface area contributed by atoms with Crippen LogP contribution in [0.5, 0.6) is 11.5 Å². The van der Waals surface area contributed by atoms with Gasteiger partial charge in [0, 0.05) is 36.2 Å². The molecule has 1 heterocycles. The Hall–Kier alpha value is -0.870. The quantitative estimate of drug-likeness (QED) is 0.716. The van der Waals surface area contributed by atoms with Crippen LogP contribution in [-0.4, -0.2) is 66.4 Å². The molecule has 0 amide bonds. The zero-order chi connectivity index (χ0) is 17.7. The third kappa shape index (κ3) is 4.60. The van der Waals surface area contributed by atoms with Gasteiger partial charge in [0.05, 0.1) is 27.4 Å². The zero-order valence-electron chi connectivity index (χ0n) is 14.0. The lowest BCUT2D eigenvalue weighted by molar-refractivity contribution is 0.0213. The van der Waals surface area contributed by atoms with E-state index in [0.717, 1.165) is 13.1 Å². The van der Waals surface area contributed by atoms with Gasteiger partial charge < -0.3 is 14.2 Å². The maximum Gasteiger partial charge on any atom is 0.241 e. The smallest absolute Gasteiger partial charge is 0.241 e. The van der Waals surface area contributed by atoms with Gasteiger partial charge in [-0.1, -0.05) is 0 Å². The Kier molecular flexibility index (Phi) is 6.88. The number of hydrogen-bond acceptors (Lipinski definition) is 6. The molecule has 7 nitrogen and oxygen atoms in total. The van der Waals surface area contributed by atoms with E-state index in [-0.39, 0.29) is 10.9 Å². The Morgan fingerprint density at radius 3 is 2.42 bits per heavy atom. The number of halogens is 1. The van der Waals surface area contributed by atoms with E-state index in [0.29, 0.717) is 35.7 Å². The van der Waals surface area contributed by atoms with E-state index in [9.17, 15) is 8.42 Å². The number of nitrogens with one attached hydrogen (secondary N) is 1. The lowest BCUT2D eigenvalue weighted by Gasteiger charge is -2.32. The Balaban J connectivity index is 2.12. The van der Waals surface area contributed by atoms with Crippen LogP contribution < -0.4 is 14.2 Å². The summed E-state index contributed by atoms with van der Waals surface area (Å²) < 4.78 is 44.0. The maximum absolute atomic E-state index is 12.6. The van der Waals surface area contributed by atoms with Gasteiger partial charge in [-0.15, -0.1) is 0 Å². The molecule has 0 aromatic heterocycles. The third-order valence-electron chi connectivity index (χ3n) is 3.97. The number of sulfonamides is 1. The van der Waals surface area contributed by atoms with Gasteiger partial charge in [-0.3, -0.25) is 4.90 Å². The first-order chi connectivity index (χ1) is 11.4. The van der Waals surface area contributed by atoms with E-state index < -0.39 is 10.0 Å². The number of methoxy groups -OCH3 is 2. The van der Waals surface area contributed by atoms with Gasteiger partial charge in [0.25, 0.3) is 0 Å². The number of hydrogen-bond donors (Lipinski definition) is 1. The third-order valence-corrected chi connectivity index (χ3v) is 6.35. The SMILES string of the molecule is COc1cc(Br)c(S(=O)(=O)NCC(C)N2CCOCC2)cc1OC. The van der Waals surface area contributed by atoms with Crippen molar-refractivity contribution in [1.82, 2.24) is 9.62 Å². The molecule has 1 unspecified atom stereocenters. The second kappa shape index (κ2) is 8.48. The second-order valence-electron chi connectivity index (χ2n) is 5.49. The van der Waals surface area contributed by atoms with Gasteiger partial charge in [0.15, 0.2) is 11.5 Å². The number of morpholine rings is 1. The lowest BCUT2D eigenvalue weighted by Crippen LogP contribution is -2.47. The molecular formula is C15H23BrN2O5S. The summed E-state index contributed by atoms with van der Waals surface area (Å²) in [6.07, 6.45) is 0. The number of benzene rings is 1. The molecule has 0 aliphatic carbocycles. The largest absolute Gasteiger partial charge is 0.493 e.